The summed E-state index contributed by atoms with van der Waals surface area (Å²) < 4.78 is 5.75. The van der Waals surface area contributed by atoms with Gasteiger partial charge in [-0.15, -0.1) is 0 Å². The van der Waals surface area contributed by atoms with Gasteiger partial charge in [0.1, 0.15) is 0 Å². The van der Waals surface area contributed by atoms with E-state index >= 15 is 0 Å². The second-order valence-electron chi connectivity index (χ2n) is 3.97. The summed E-state index contributed by atoms with van der Waals surface area (Å²) in [5.74, 6) is 0.795. The molecule has 2 atom stereocenters. The van der Waals surface area contributed by atoms with Gasteiger partial charge in [0.2, 0.25) is 0 Å². The average molecular weight is 156 g/mol. The number of rotatable bonds is 5. The van der Waals surface area contributed by atoms with Gasteiger partial charge in [-0.05, 0) is 25.7 Å². The van der Waals surface area contributed by atoms with Crippen molar-refractivity contribution in [1.82, 2.24) is 0 Å². The zero-order chi connectivity index (χ0) is 8.32. The van der Waals surface area contributed by atoms with E-state index < -0.39 is 0 Å². The second-order valence-corrected chi connectivity index (χ2v) is 3.97. The summed E-state index contributed by atoms with van der Waals surface area (Å²) in [5.41, 5.74) is 0.258. The van der Waals surface area contributed by atoms with Gasteiger partial charge < -0.3 is 4.74 Å². The highest BCUT2D eigenvalue weighted by atomic mass is 16.5. The van der Waals surface area contributed by atoms with Crippen LogP contribution in [0.25, 0.3) is 0 Å². The Morgan fingerprint density at radius 2 is 2.09 bits per heavy atom. The molecule has 1 heteroatoms. The highest BCUT2D eigenvalue weighted by Crippen LogP contribution is 2.45. The summed E-state index contributed by atoms with van der Waals surface area (Å²) in [5, 5.41) is 0. The van der Waals surface area contributed by atoms with Crippen molar-refractivity contribution in [1.29, 1.82) is 0 Å². The van der Waals surface area contributed by atoms with Crippen LogP contribution in [0.5, 0.6) is 0 Å². The Balaban J connectivity index is 1.96. The van der Waals surface area contributed by atoms with Crippen LogP contribution in [0.2, 0.25) is 0 Å². The van der Waals surface area contributed by atoms with Crippen LogP contribution < -0.4 is 0 Å². The van der Waals surface area contributed by atoms with Gasteiger partial charge in [0.05, 0.1) is 5.60 Å². The van der Waals surface area contributed by atoms with E-state index in [0.717, 1.165) is 12.5 Å². The van der Waals surface area contributed by atoms with E-state index in [-0.39, 0.29) is 5.60 Å². The normalized spacial score (nSPS) is 35.7. The molecule has 1 rings (SSSR count). The zero-order valence-corrected chi connectivity index (χ0v) is 8.02. The fraction of sp³-hybridized carbons (Fsp3) is 1.00. The molecule has 0 N–H and O–H groups in total. The molecule has 0 radical (unpaired) electrons. The van der Waals surface area contributed by atoms with Gasteiger partial charge in [-0.25, -0.2) is 0 Å². The quantitative estimate of drug-likeness (QED) is 0.556. The topological polar surface area (TPSA) is 9.23 Å². The monoisotopic (exact) mass is 156 g/mol. The lowest BCUT2D eigenvalue weighted by Gasteiger charge is -2.11. The van der Waals surface area contributed by atoms with Gasteiger partial charge in [-0.3, -0.25) is 0 Å². The lowest BCUT2D eigenvalue weighted by Crippen LogP contribution is -2.12. The van der Waals surface area contributed by atoms with Crippen LogP contribution in [0.15, 0.2) is 0 Å². The average Bonchev–Trinajstić information content (AvgIpc) is 2.54. The lowest BCUT2D eigenvalue weighted by atomic mass is 10.2. The minimum Gasteiger partial charge on any atom is -0.375 e. The summed E-state index contributed by atoms with van der Waals surface area (Å²) in [6.07, 6.45) is 5.10. The smallest absolute Gasteiger partial charge is 0.0684 e. The molecule has 0 saturated heterocycles. The summed E-state index contributed by atoms with van der Waals surface area (Å²) in [7, 11) is 0. The van der Waals surface area contributed by atoms with Gasteiger partial charge in [-0.2, -0.15) is 0 Å². The Morgan fingerprint density at radius 1 is 1.45 bits per heavy atom. The maximum Gasteiger partial charge on any atom is 0.0684 e. The summed E-state index contributed by atoms with van der Waals surface area (Å²) in [6.45, 7) is 7.68. The maximum absolute atomic E-state index is 5.75. The van der Waals surface area contributed by atoms with Crippen LogP contribution in [0.1, 0.15) is 46.5 Å². The first kappa shape index (κ1) is 9.05. The molecular formula is C10H20O. The third-order valence-corrected chi connectivity index (χ3v) is 2.77. The van der Waals surface area contributed by atoms with Gasteiger partial charge >= 0.3 is 0 Å². The first-order valence-electron chi connectivity index (χ1n) is 4.83. The van der Waals surface area contributed by atoms with E-state index in [1.807, 2.05) is 0 Å². The fourth-order valence-electron chi connectivity index (χ4n) is 1.41. The number of hydrogen-bond donors (Lipinski definition) is 0. The van der Waals surface area contributed by atoms with E-state index in [2.05, 4.69) is 20.8 Å². The minimum absolute atomic E-state index is 0.258. The van der Waals surface area contributed by atoms with Gasteiger partial charge in [0.15, 0.2) is 0 Å². The molecule has 0 spiro atoms. The molecule has 0 aromatic heterocycles. The van der Waals surface area contributed by atoms with Crippen molar-refractivity contribution in [3.05, 3.63) is 0 Å². The summed E-state index contributed by atoms with van der Waals surface area (Å²) in [4.78, 5) is 0. The van der Waals surface area contributed by atoms with Gasteiger partial charge in [0, 0.05) is 6.61 Å². The molecule has 0 aliphatic heterocycles. The Labute approximate surface area is 70.1 Å². The van der Waals surface area contributed by atoms with Gasteiger partial charge in [-0.1, -0.05) is 26.7 Å². The van der Waals surface area contributed by atoms with Crippen molar-refractivity contribution < 1.29 is 4.74 Å². The predicted octanol–water partition coefficient (Wildman–Crippen LogP) is 2.99. The molecule has 0 amide bonds. The largest absolute Gasteiger partial charge is 0.375 e. The number of unbranched alkanes of at least 4 members (excludes halogenated alkanes) is 2. The molecule has 0 aromatic carbocycles. The third-order valence-electron chi connectivity index (χ3n) is 2.77. The van der Waals surface area contributed by atoms with Gasteiger partial charge in [0.25, 0.3) is 0 Å². The van der Waals surface area contributed by atoms with Crippen molar-refractivity contribution in [3.63, 3.8) is 0 Å². The molecule has 1 saturated carbocycles. The van der Waals surface area contributed by atoms with Crippen LogP contribution in [-0.4, -0.2) is 12.2 Å². The van der Waals surface area contributed by atoms with Crippen LogP contribution >= 0.6 is 0 Å². The highest BCUT2D eigenvalue weighted by Gasteiger charge is 2.47. The molecule has 11 heavy (non-hydrogen) atoms. The van der Waals surface area contributed by atoms with Crippen molar-refractivity contribution in [3.8, 4) is 0 Å². The van der Waals surface area contributed by atoms with Crippen LogP contribution in [0.3, 0.4) is 0 Å². The molecular weight excluding hydrogens is 136 g/mol. The highest BCUT2D eigenvalue weighted by molar-refractivity contribution is 4.98. The van der Waals surface area contributed by atoms with Crippen LogP contribution in [0.4, 0.5) is 0 Å². The lowest BCUT2D eigenvalue weighted by molar-refractivity contribution is 0.0336. The molecule has 66 valence electrons. The molecule has 1 aliphatic rings. The van der Waals surface area contributed by atoms with Crippen LogP contribution in [-0.2, 0) is 4.74 Å². The Bertz CT molecular complexity index is 122. The van der Waals surface area contributed by atoms with Crippen molar-refractivity contribution >= 4 is 0 Å². The zero-order valence-electron chi connectivity index (χ0n) is 8.02. The van der Waals surface area contributed by atoms with Crippen molar-refractivity contribution in [2.45, 2.75) is 52.1 Å². The summed E-state index contributed by atoms with van der Waals surface area (Å²) >= 11 is 0. The molecule has 1 aliphatic carbocycles. The molecule has 1 fully saturated rings. The number of hydrogen-bond acceptors (Lipinski definition) is 1. The molecule has 1 nitrogen and oxygen atoms in total. The molecule has 0 heterocycles. The van der Waals surface area contributed by atoms with E-state index in [9.17, 15) is 0 Å². The Morgan fingerprint density at radius 3 is 2.55 bits per heavy atom. The van der Waals surface area contributed by atoms with Crippen molar-refractivity contribution in [2.24, 2.45) is 5.92 Å². The molecule has 0 aromatic rings. The number of ether oxygens (including phenoxy) is 1. The first-order chi connectivity index (χ1) is 5.19. The van der Waals surface area contributed by atoms with E-state index in [1.165, 1.54) is 25.7 Å². The minimum atomic E-state index is 0.258. The van der Waals surface area contributed by atoms with Crippen molar-refractivity contribution in [2.75, 3.05) is 6.61 Å². The van der Waals surface area contributed by atoms with E-state index in [4.69, 9.17) is 4.74 Å². The van der Waals surface area contributed by atoms with E-state index in [1.54, 1.807) is 0 Å². The van der Waals surface area contributed by atoms with Crippen LogP contribution in [0, 0.1) is 5.92 Å². The second kappa shape index (κ2) is 3.57. The summed E-state index contributed by atoms with van der Waals surface area (Å²) in [6, 6.07) is 0. The molecule has 0 bridgehead atoms. The SMILES string of the molecule is CCCCCOC1(C)CC1C. The molecule has 2 unspecified atom stereocenters. The first-order valence-corrected chi connectivity index (χ1v) is 4.83. The maximum atomic E-state index is 5.75. The third kappa shape index (κ3) is 2.48. The van der Waals surface area contributed by atoms with E-state index in [0.29, 0.717) is 0 Å². The Hall–Kier alpha value is -0.0400. The fourth-order valence-corrected chi connectivity index (χ4v) is 1.41. The Kier molecular flexibility index (Phi) is 2.94. The predicted molar refractivity (Wildman–Crippen MR) is 47.7 cm³/mol. The standard InChI is InChI=1S/C10H20O/c1-4-5-6-7-11-10(3)8-9(10)2/h9H,4-8H2,1-3H3.